The molecule has 0 atom stereocenters. The maximum Gasteiger partial charge on any atom is 0.435 e. The molecule has 222 valence electrons. The van der Waals surface area contributed by atoms with Crippen LogP contribution in [0.5, 0.6) is 0 Å². The number of benzene rings is 2. The summed E-state index contributed by atoms with van der Waals surface area (Å²) in [4.78, 5) is 29.4. The molecule has 0 fully saturated rings. The number of amides is 2. The van der Waals surface area contributed by atoms with Crippen molar-refractivity contribution < 1.29 is 35.9 Å². The van der Waals surface area contributed by atoms with Crippen molar-refractivity contribution in [2.24, 2.45) is 5.73 Å². The summed E-state index contributed by atoms with van der Waals surface area (Å²) in [7, 11) is 0. The van der Waals surface area contributed by atoms with Crippen molar-refractivity contribution in [1.82, 2.24) is 20.1 Å². The smallest absolute Gasteiger partial charge is 0.366 e. The lowest BCUT2D eigenvalue weighted by atomic mass is 9.98. The Hall–Kier alpha value is -4.59. The number of nitrogens with zero attached hydrogens (tertiary/aromatic N) is 3. The number of alkyl halides is 3. The number of pyridine rings is 1. The number of aromatic nitrogens is 3. The molecule has 5 rings (SSSR count). The average molecular weight is 618 g/mol. The second-order valence-corrected chi connectivity index (χ2v) is 10.6. The average Bonchev–Trinajstić information content (AvgIpc) is 3.31. The van der Waals surface area contributed by atoms with Gasteiger partial charge < -0.3 is 11.1 Å². The predicted octanol–water partition coefficient (Wildman–Crippen LogP) is 5.58. The van der Waals surface area contributed by atoms with E-state index in [9.17, 15) is 35.9 Å². The van der Waals surface area contributed by atoms with Crippen molar-refractivity contribution in [2.75, 3.05) is 5.75 Å². The molecule has 1 aliphatic heterocycles. The Kier molecular flexibility index (Phi) is 8.31. The van der Waals surface area contributed by atoms with Gasteiger partial charge in [-0.1, -0.05) is 12.1 Å². The van der Waals surface area contributed by atoms with Crippen LogP contribution >= 0.6 is 11.8 Å². The highest BCUT2D eigenvalue weighted by Gasteiger charge is 2.40. The van der Waals surface area contributed by atoms with E-state index in [1.807, 2.05) is 0 Å². The first-order valence-electron chi connectivity index (χ1n) is 12.7. The third-order valence-corrected chi connectivity index (χ3v) is 7.52. The van der Waals surface area contributed by atoms with E-state index in [0.717, 1.165) is 22.9 Å². The molecule has 0 unspecified atom stereocenters. The maximum absolute atomic E-state index is 14.2. The first-order chi connectivity index (χ1) is 20.4. The van der Waals surface area contributed by atoms with Gasteiger partial charge >= 0.3 is 6.18 Å². The minimum atomic E-state index is -4.71. The van der Waals surface area contributed by atoms with Gasteiger partial charge in [-0.25, -0.2) is 13.2 Å². The lowest BCUT2D eigenvalue weighted by molar-refractivity contribution is -0.142. The molecule has 0 saturated heterocycles. The van der Waals surface area contributed by atoms with Gasteiger partial charge in [0.15, 0.2) is 5.69 Å². The molecule has 2 amide bonds. The van der Waals surface area contributed by atoms with Gasteiger partial charge in [0.25, 0.3) is 5.91 Å². The highest BCUT2D eigenvalue weighted by molar-refractivity contribution is 7.98. The molecular formula is C29H21F6N5O2S. The van der Waals surface area contributed by atoms with Crippen LogP contribution in [0.3, 0.4) is 0 Å². The minimum Gasteiger partial charge on any atom is -0.366 e. The Balaban J connectivity index is 1.57. The van der Waals surface area contributed by atoms with Crippen molar-refractivity contribution in [2.45, 2.75) is 24.9 Å². The molecule has 0 radical (unpaired) electrons. The van der Waals surface area contributed by atoms with Gasteiger partial charge in [0.1, 0.15) is 24.0 Å². The van der Waals surface area contributed by atoms with Crippen LogP contribution in [0.2, 0.25) is 0 Å². The molecule has 0 saturated carbocycles. The maximum atomic E-state index is 14.2. The summed E-state index contributed by atoms with van der Waals surface area (Å²) in [6.45, 7) is -0.595. The number of rotatable bonds is 7. The van der Waals surface area contributed by atoms with E-state index in [4.69, 9.17) is 5.73 Å². The number of halogens is 6. The summed E-state index contributed by atoms with van der Waals surface area (Å²) in [5.41, 5.74) is 4.67. The number of nitrogens with one attached hydrogen (secondary N) is 1. The molecule has 3 heterocycles. The summed E-state index contributed by atoms with van der Waals surface area (Å²) in [6.07, 6.45) is -1.85. The van der Waals surface area contributed by atoms with Gasteiger partial charge in [-0.15, -0.1) is 0 Å². The van der Waals surface area contributed by atoms with Gasteiger partial charge in [-0.05, 0) is 59.7 Å². The second-order valence-electron chi connectivity index (χ2n) is 9.50. The van der Waals surface area contributed by atoms with E-state index in [2.05, 4.69) is 15.4 Å². The third-order valence-electron chi connectivity index (χ3n) is 6.53. The molecule has 2 aromatic carbocycles. The molecule has 0 aliphatic carbocycles. The molecule has 2 aromatic heterocycles. The van der Waals surface area contributed by atoms with Gasteiger partial charge in [-0.2, -0.15) is 30.0 Å². The van der Waals surface area contributed by atoms with Crippen LogP contribution in [0.25, 0.3) is 22.9 Å². The monoisotopic (exact) mass is 617 g/mol. The first kappa shape index (κ1) is 29.9. The predicted molar refractivity (Wildman–Crippen MR) is 148 cm³/mol. The fraction of sp³-hybridized carbons (Fsp3) is 0.172. The minimum absolute atomic E-state index is 0.00538. The van der Waals surface area contributed by atoms with Crippen molar-refractivity contribution in [3.8, 4) is 11.1 Å². The Morgan fingerprint density at radius 1 is 1.07 bits per heavy atom. The van der Waals surface area contributed by atoms with Gasteiger partial charge in [0.2, 0.25) is 5.91 Å². The normalized spacial score (nSPS) is 13.5. The summed E-state index contributed by atoms with van der Waals surface area (Å²) < 4.78 is 84.2. The van der Waals surface area contributed by atoms with E-state index < -0.39 is 53.2 Å². The summed E-state index contributed by atoms with van der Waals surface area (Å²) in [5.74, 6) is -3.83. The number of primary amides is 1. The summed E-state index contributed by atoms with van der Waals surface area (Å²) >= 11 is 1.33. The largest absolute Gasteiger partial charge is 0.435 e. The quantitative estimate of drug-likeness (QED) is 0.264. The summed E-state index contributed by atoms with van der Waals surface area (Å²) in [5, 5.41) is 6.28. The molecule has 4 aromatic rings. The van der Waals surface area contributed by atoms with Gasteiger partial charge in [-0.3, -0.25) is 19.3 Å². The lowest BCUT2D eigenvalue weighted by Gasteiger charge is -2.16. The molecule has 7 nitrogen and oxygen atoms in total. The molecule has 14 heteroatoms. The van der Waals surface area contributed by atoms with E-state index in [1.165, 1.54) is 42.2 Å². The van der Waals surface area contributed by atoms with Gasteiger partial charge in [0.05, 0.1) is 17.0 Å². The van der Waals surface area contributed by atoms with Crippen LogP contribution in [0.4, 0.5) is 26.3 Å². The summed E-state index contributed by atoms with van der Waals surface area (Å²) in [6, 6.07) is 9.28. The zero-order valence-corrected chi connectivity index (χ0v) is 22.8. The fourth-order valence-corrected chi connectivity index (χ4v) is 5.71. The van der Waals surface area contributed by atoms with E-state index >= 15 is 0 Å². The number of nitrogens with two attached hydrogens (primary N) is 1. The standard InChI is InChI=1S/C29H21F6N5O2S/c30-17-8-15(9-18(31)12-17)10-23(26-19(2-1-6-37-26)16-3-4-22(32)20(11-16)28(36)42)38-25(41)13-40-24-5-7-43-14-21(24)27(39-40)29(33,34)35/h1-4,6,8-12H,5,7,13-14H2,(H2,36,42)(H,38,41)/b23-10-. The molecular weight excluding hydrogens is 596 g/mol. The van der Waals surface area contributed by atoms with Gasteiger partial charge in [0, 0.05) is 34.8 Å². The van der Waals surface area contributed by atoms with E-state index in [1.54, 1.807) is 6.07 Å². The topological polar surface area (TPSA) is 103 Å². The number of hydrogen-bond donors (Lipinski definition) is 2. The van der Waals surface area contributed by atoms with E-state index in [-0.39, 0.29) is 45.8 Å². The highest BCUT2D eigenvalue weighted by Crippen LogP contribution is 2.37. The van der Waals surface area contributed by atoms with Crippen LogP contribution in [0.15, 0.2) is 54.7 Å². The number of carbonyl (C=O) groups is 2. The Morgan fingerprint density at radius 2 is 1.81 bits per heavy atom. The fourth-order valence-electron chi connectivity index (χ4n) is 4.72. The molecule has 1 aliphatic rings. The number of fused-ring (bicyclic) bond motifs is 1. The van der Waals surface area contributed by atoms with Crippen LogP contribution in [0.1, 0.15) is 38.6 Å². The van der Waals surface area contributed by atoms with Crippen molar-refractivity contribution in [3.63, 3.8) is 0 Å². The number of carbonyl (C=O) groups excluding carboxylic acids is 2. The third kappa shape index (κ3) is 6.58. The van der Waals surface area contributed by atoms with Crippen molar-refractivity contribution >= 4 is 35.3 Å². The molecule has 43 heavy (non-hydrogen) atoms. The number of thioether (sulfide) groups is 1. The van der Waals surface area contributed by atoms with Crippen molar-refractivity contribution in [1.29, 1.82) is 0 Å². The van der Waals surface area contributed by atoms with Crippen LogP contribution in [-0.2, 0) is 29.7 Å². The van der Waals surface area contributed by atoms with Crippen LogP contribution in [-0.4, -0.2) is 32.3 Å². The Morgan fingerprint density at radius 3 is 2.51 bits per heavy atom. The van der Waals surface area contributed by atoms with E-state index in [0.29, 0.717) is 17.5 Å². The van der Waals surface area contributed by atoms with Crippen LogP contribution < -0.4 is 11.1 Å². The van der Waals surface area contributed by atoms with Crippen LogP contribution in [0, 0.1) is 17.5 Å². The second kappa shape index (κ2) is 12.0. The Bertz CT molecular complexity index is 1750. The number of hydrogen-bond acceptors (Lipinski definition) is 5. The SMILES string of the molecule is NC(=O)c1cc(-c2cccnc2/C(=C/c2cc(F)cc(F)c2)NC(=O)Cn2nc(C(F)(F)F)c3c2CCSC3)ccc1F. The van der Waals surface area contributed by atoms with Crippen molar-refractivity contribution in [3.05, 3.63) is 106 Å². The Labute approximate surface area is 244 Å². The first-order valence-corrected chi connectivity index (χ1v) is 13.8. The zero-order valence-electron chi connectivity index (χ0n) is 22.0. The molecule has 3 N–H and O–H groups in total. The lowest BCUT2D eigenvalue weighted by Crippen LogP contribution is -2.28. The molecule has 0 spiro atoms. The molecule has 0 bridgehead atoms. The highest BCUT2D eigenvalue weighted by atomic mass is 32.2. The zero-order chi connectivity index (χ0) is 30.9.